The molecule has 14 heavy (non-hydrogen) atoms. The minimum atomic E-state index is -1.01. The lowest BCUT2D eigenvalue weighted by Crippen LogP contribution is -2.53. The van der Waals surface area contributed by atoms with E-state index in [0.29, 0.717) is 12.8 Å². The van der Waals surface area contributed by atoms with Crippen LogP contribution in [0.2, 0.25) is 0 Å². The molecule has 0 bridgehead atoms. The fourth-order valence-corrected chi connectivity index (χ4v) is 2.07. The predicted octanol–water partition coefficient (Wildman–Crippen LogP) is -0.277. The molecule has 80 valence electrons. The Labute approximate surface area is 84.3 Å². The molecule has 0 radical (unpaired) electrons. The van der Waals surface area contributed by atoms with Crippen LogP contribution in [-0.4, -0.2) is 47.7 Å². The molecule has 1 saturated carbocycles. The molecular weight excluding hydrogens is 180 g/mol. The summed E-state index contributed by atoms with van der Waals surface area (Å²) in [6, 6.07) is 0. The molecule has 1 heterocycles. The molecule has 1 saturated heterocycles. The fourth-order valence-electron chi connectivity index (χ4n) is 2.07. The zero-order valence-electron chi connectivity index (χ0n) is 8.46. The van der Waals surface area contributed by atoms with Crippen LogP contribution < -0.4 is 5.32 Å². The maximum atomic E-state index is 11.9. The molecule has 0 spiro atoms. The average Bonchev–Trinajstić information content (AvgIpc) is 2.41. The third kappa shape index (κ3) is 1.77. The SMILES string of the molecule is O=C(N1CCCNCC1)C1(O)CCC1. The molecule has 0 aromatic heterocycles. The lowest BCUT2D eigenvalue weighted by molar-refractivity contribution is -0.160. The van der Waals surface area contributed by atoms with Gasteiger partial charge in [0, 0.05) is 19.6 Å². The summed E-state index contributed by atoms with van der Waals surface area (Å²) in [6.07, 6.45) is 3.27. The third-order valence-electron chi connectivity index (χ3n) is 3.21. The van der Waals surface area contributed by atoms with Gasteiger partial charge in [0.1, 0.15) is 5.60 Å². The molecule has 0 atom stereocenters. The lowest BCUT2D eigenvalue weighted by Gasteiger charge is -2.38. The van der Waals surface area contributed by atoms with Gasteiger partial charge in [-0.2, -0.15) is 0 Å². The van der Waals surface area contributed by atoms with Crippen LogP contribution in [0, 0.1) is 0 Å². The average molecular weight is 198 g/mol. The van der Waals surface area contributed by atoms with Crippen molar-refractivity contribution in [1.29, 1.82) is 0 Å². The standard InChI is InChI=1S/C10H18N2O2/c13-9(10(14)3-1-4-10)12-7-2-5-11-6-8-12/h11,14H,1-8H2. The van der Waals surface area contributed by atoms with E-state index in [9.17, 15) is 9.90 Å². The smallest absolute Gasteiger partial charge is 0.254 e. The molecule has 2 N–H and O–H groups in total. The molecule has 4 heteroatoms. The molecule has 0 unspecified atom stereocenters. The highest BCUT2D eigenvalue weighted by Gasteiger charge is 2.44. The summed E-state index contributed by atoms with van der Waals surface area (Å²) >= 11 is 0. The van der Waals surface area contributed by atoms with Gasteiger partial charge in [-0.05, 0) is 32.2 Å². The lowest BCUT2D eigenvalue weighted by atomic mass is 9.79. The van der Waals surface area contributed by atoms with Gasteiger partial charge in [-0.1, -0.05) is 0 Å². The molecule has 2 aliphatic rings. The number of hydrogen-bond donors (Lipinski definition) is 2. The van der Waals surface area contributed by atoms with E-state index in [0.717, 1.165) is 39.0 Å². The number of nitrogens with one attached hydrogen (secondary N) is 1. The topological polar surface area (TPSA) is 52.6 Å². The van der Waals surface area contributed by atoms with Crippen LogP contribution in [-0.2, 0) is 4.79 Å². The van der Waals surface area contributed by atoms with Crippen molar-refractivity contribution in [2.24, 2.45) is 0 Å². The zero-order chi connectivity index (χ0) is 10.0. The second-order valence-electron chi connectivity index (χ2n) is 4.28. The van der Waals surface area contributed by atoms with E-state index >= 15 is 0 Å². The normalized spacial score (nSPS) is 26.5. The van der Waals surface area contributed by atoms with Crippen molar-refractivity contribution in [3.8, 4) is 0 Å². The van der Waals surface area contributed by atoms with Crippen molar-refractivity contribution in [3.05, 3.63) is 0 Å². The molecule has 4 nitrogen and oxygen atoms in total. The number of hydrogen-bond acceptors (Lipinski definition) is 3. The van der Waals surface area contributed by atoms with Gasteiger partial charge in [-0.15, -0.1) is 0 Å². The van der Waals surface area contributed by atoms with E-state index in [1.54, 1.807) is 4.90 Å². The Balaban J connectivity index is 1.95. The molecule has 2 fully saturated rings. The second kappa shape index (κ2) is 3.87. The Kier molecular flexibility index (Phi) is 2.74. The first kappa shape index (κ1) is 9.93. The van der Waals surface area contributed by atoms with Crippen molar-refractivity contribution in [2.75, 3.05) is 26.2 Å². The summed E-state index contributed by atoms with van der Waals surface area (Å²) in [7, 11) is 0. The minimum absolute atomic E-state index is 0.0487. The Hall–Kier alpha value is -0.610. The van der Waals surface area contributed by atoms with Gasteiger partial charge in [0.05, 0.1) is 0 Å². The van der Waals surface area contributed by atoms with Gasteiger partial charge in [0.25, 0.3) is 5.91 Å². The highest BCUT2D eigenvalue weighted by atomic mass is 16.3. The minimum Gasteiger partial charge on any atom is -0.380 e. The van der Waals surface area contributed by atoms with Crippen LogP contribution in [0.5, 0.6) is 0 Å². The van der Waals surface area contributed by atoms with Gasteiger partial charge in [-0.3, -0.25) is 4.79 Å². The van der Waals surface area contributed by atoms with Crippen molar-refractivity contribution in [2.45, 2.75) is 31.3 Å². The summed E-state index contributed by atoms with van der Waals surface area (Å²) in [6.45, 7) is 3.35. The van der Waals surface area contributed by atoms with Gasteiger partial charge in [0.15, 0.2) is 0 Å². The summed E-state index contributed by atoms with van der Waals surface area (Å²) < 4.78 is 0. The summed E-state index contributed by atoms with van der Waals surface area (Å²) in [5.41, 5.74) is -1.01. The Morgan fingerprint density at radius 3 is 2.64 bits per heavy atom. The third-order valence-corrected chi connectivity index (χ3v) is 3.21. The predicted molar refractivity (Wildman–Crippen MR) is 52.9 cm³/mol. The largest absolute Gasteiger partial charge is 0.380 e. The van der Waals surface area contributed by atoms with E-state index in [1.165, 1.54) is 0 Å². The molecule has 1 aliphatic heterocycles. The van der Waals surface area contributed by atoms with E-state index < -0.39 is 5.60 Å². The van der Waals surface area contributed by atoms with Crippen LogP contribution in [0.3, 0.4) is 0 Å². The van der Waals surface area contributed by atoms with Crippen LogP contribution in [0.25, 0.3) is 0 Å². The van der Waals surface area contributed by atoms with E-state index in [2.05, 4.69) is 5.32 Å². The van der Waals surface area contributed by atoms with Crippen LogP contribution >= 0.6 is 0 Å². The quantitative estimate of drug-likeness (QED) is 0.609. The Morgan fingerprint density at radius 2 is 2.00 bits per heavy atom. The van der Waals surface area contributed by atoms with Crippen LogP contribution in [0.4, 0.5) is 0 Å². The summed E-state index contributed by atoms with van der Waals surface area (Å²) in [4.78, 5) is 13.7. The second-order valence-corrected chi connectivity index (χ2v) is 4.28. The van der Waals surface area contributed by atoms with Crippen molar-refractivity contribution in [1.82, 2.24) is 10.2 Å². The van der Waals surface area contributed by atoms with Crippen molar-refractivity contribution < 1.29 is 9.90 Å². The number of nitrogens with zero attached hydrogens (tertiary/aromatic N) is 1. The molecule has 2 rings (SSSR count). The first-order chi connectivity index (χ1) is 6.72. The fraction of sp³-hybridized carbons (Fsp3) is 0.900. The van der Waals surface area contributed by atoms with Crippen molar-refractivity contribution in [3.63, 3.8) is 0 Å². The van der Waals surface area contributed by atoms with E-state index in [-0.39, 0.29) is 5.91 Å². The van der Waals surface area contributed by atoms with Gasteiger partial charge >= 0.3 is 0 Å². The molecule has 1 aliphatic carbocycles. The maximum absolute atomic E-state index is 11.9. The molecule has 0 aromatic carbocycles. The molecular formula is C10H18N2O2. The van der Waals surface area contributed by atoms with Crippen LogP contribution in [0.1, 0.15) is 25.7 Å². The van der Waals surface area contributed by atoms with Gasteiger partial charge in [-0.25, -0.2) is 0 Å². The van der Waals surface area contributed by atoms with Gasteiger partial charge < -0.3 is 15.3 Å². The number of amides is 1. The monoisotopic (exact) mass is 198 g/mol. The van der Waals surface area contributed by atoms with Crippen molar-refractivity contribution >= 4 is 5.91 Å². The van der Waals surface area contributed by atoms with E-state index in [4.69, 9.17) is 0 Å². The van der Waals surface area contributed by atoms with Crippen LogP contribution in [0.15, 0.2) is 0 Å². The number of carbonyl (C=O) groups is 1. The highest BCUT2D eigenvalue weighted by Crippen LogP contribution is 2.33. The van der Waals surface area contributed by atoms with E-state index in [1.807, 2.05) is 0 Å². The highest BCUT2D eigenvalue weighted by molar-refractivity contribution is 5.85. The Morgan fingerprint density at radius 1 is 1.21 bits per heavy atom. The molecule has 0 aromatic rings. The van der Waals surface area contributed by atoms with Gasteiger partial charge in [0.2, 0.25) is 0 Å². The zero-order valence-corrected chi connectivity index (χ0v) is 8.46. The maximum Gasteiger partial charge on any atom is 0.254 e. The molecule has 1 amide bonds. The Bertz CT molecular complexity index is 218. The number of carbonyl (C=O) groups excluding carboxylic acids is 1. The number of aliphatic hydroxyl groups is 1. The summed E-state index contributed by atoms with van der Waals surface area (Å²) in [5, 5.41) is 13.2. The first-order valence-corrected chi connectivity index (χ1v) is 5.45. The summed E-state index contributed by atoms with van der Waals surface area (Å²) in [5.74, 6) is -0.0487. The number of rotatable bonds is 1. The first-order valence-electron chi connectivity index (χ1n) is 5.45.